The number of benzene rings is 11. The molecule has 0 N–H and O–H groups in total. The van der Waals surface area contributed by atoms with Crippen LogP contribution in [0.25, 0.3) is 82.5 Å². The molecule has 0 radical (unpaired) electrons. The number of fused-ring (bicyclic) bond motifs is 11. The average Bonchev–Trinajstić information content (AvgIpc) is 4.07. The Morgan fingerprint density at radius 2 is 1.00 bits per heavy atom. The van der Waals surface area contributed by atoms with Crippen molar-refractivity contribution in [2.24, 2.45) is 0 Å². The summed E-state index contributed by atoms with van der Waals surface area (Å²) < 4.78 is 9.23. The van der Waals surface area contributed by atoms with Crippen LogP contribution in [-0.4, -0.2) is 4.57 Å². The Hall–Kier alpha value is -8.92. The molecule has 0 aliphatic heterocycles. The van der Waals surface area contributed by atoms with Crippen LogP contribution in [-0.2, 0) is 5.41 Å². The molecule has 11 aromatic carbocycles. The van der Waals surface area contributed by atoms with Gasteiger partial charge in [-0.25, -0.2) is 0 Å². The topological polar surface area (TPSA) is 21.3 Å². The Morgan fingerprint density at radius 3 is 1.75 bits per heavy atom. The second-order valence-corrected chi connectivity index (χ2v) is 18.0. The van der Waals surface area contributed by atoms with E-state index < -0.39 is 5.41 Å². The van der Waals surface area contributed by atoms with E-state index in [1.54, 1.807) is 0 Å². The molecule has 0 atom stereocenters. The molecule has 0 spiro atoms. The van der Waals surface area contributed by atoms with Crippen LogP contribution in [0.15, 0.2) is 259 Å². The van der Waals surface area contributed by atoms with Gasteiger partial charge >= 0.3 is 0 Å². The number of nitrogens with zero attached hydrogens (tertiary/aromatic N) is 2. The zero-order valence-corrected chi connectivity index (χ0v) is 37.1. The van der Waals surface area contributed by atoms with Crippen LogP contribution in [0.4, 0.5) is 17.1 Å². The Labute approximate surface area is 394 Å². The molecular weight excluding hydrogens is 825 g/mol. The average molecular weight is 867 g/mol. The maximum Gasteiger partial charge on any atom is 0.143 e. The molecule has 0 fully saturated rings. The third kappa shape index (κ3) is 5.60. The molecule has 68 heavy (non-hydrogen) atoms. The number of hydrogen-bond donors (Lipinski definition) is 0. The molecule has 0 amide bonds. The molecule has 2 heterocycles. The summed E-state index contributed by atoms with van der Waals surface area (Å²) in [5, 5.41) is 6.95. The van der Waals surface area contributed by atoms with Crippen LogP contribution in [0, 0.1) is 0 Å². The summed E-state index contributed by atoms with van der Waals surface area (Å²) in [6.07, 6.45) is 0. The quantitative estimate of drug-likeness (QED) is 0.159. The molecule has 0 saturated heterocycles. The van der Waals surface area contributed by atoms with Gasteiger partial charge in [-0.1, -0.05) is 188 Å². The van der Waals surface area contributed by atoms with E-state index in [-0.39, 0.29) is 0 Å². The second kappa shape index (κ2) is 15.1. The minimum atomic E-state index is -0.547. The summed E-state index contributed by atoms with van der Waals surface area (Å²) in [4.78, 5) is 2.44. The van der Waals surface area contributed by atoms with Crippen molar-refractivity contribution < 1.29 is 4.42 Å². The van der Waals surface area contributed by atoms with Gasteiger partial charge in [-0.05, 0) is 117 Å². The van der Waals surface area contributed by atoms with Crippen molar-refractivity contribution in [3.05, 3.63) is 277 Å². The van der Waals surface area contributed by atoms with Crippen LogP contribution in [0.1, 0.15) is 22.3 Å². The number of furan rings is 1. The molecule has 2 aromatic heterocycles. The predicted octanol–water partition coefficient (Wildman–Crippen LogP) is 17.3. The first-order chi connectivity index (χ1) is 33.7. The highest BCUT2D eigenvalue weighted by molar-refractivity contribution is 6.19. The lowest BCUT2D eigenvalue weighted by atomic mass is 9.67. The summed E-state index contributed by atoms with van der Waals surface area (Å²) in [6.45, 7) is 0. The number of para-hydroxylation sites is 2. The van der Waals surface area contributed by atoms with Crippen LogP contribution in [0.3, 0.4) is 0 Å². The number of hydrogen-bond acceptors (Lipinski definition) is 2. The Morgan fingerprint density at radius 1 is 0.382 bits per heavy atom. The third-order valence-corrected chi connectivity index (χ3v) is 14.4. The van der Waals surface area contributed by atoms with Gasteiger partial charge in [0.05, 0.1) is 27.5 Å². The maximum atomic E-state index is 6.84. The summed E-state index contributed by atoms with van der Waals surface area (Å²) in [5.74, 6) is 0. The van der Waals surface area contributed by atoms with Crippen molar-refractivity contribution in [3.63, 3.8) is 0 Å². The van der Waals surface area contributed by atoms with Gasteiger partial charge in [-0.3, -0.25) is 0 Å². The number of anilines is 3. The molecule has 13 aromatic rings. The summed E-state index contributed by atoms with van der Waals surface area (Å²) >= 11 is 0. The predicted molar refractivity (Wildman–Crippen MR) is 283 cm³/mol. The molecule has 0 bridgehead atoms. The Kier molecular flexibility index (Phi) is 8.50. The summed E-state index contributed by atoms with van der Waals surface area (Å²) in [5.41, 5.74) is 17.7. The SMILES string of the molecule is c1ccc(C2(c3ccccc3)c3ccccc3-c3ccc(N(c4ccc(-c5cccc(-n6c7ccccc7c7ccccc76)c5)cc4)c4cccc5oc6c7ccccc7ccc6c45)cc32)cc1. The van der Waals surface area contributed by atoms with Crippen LogP contribution < -0.4 is 4.90 Å². The minimum Gasteiger partial charge on any atom is -0.455 e. The number of aromatic nitrogens is 1. The van der Waals surface area contributed by atoms with Gasteiger partial charge in [0.25, 0.3) is 0 Å². The Bertz CT molecular complexity index is 3990. The van der Waals surface area contributed by atoms with Crippen molar-refractivity contribution in [1.29, 1.82) is 0 Å². The molecule has 14 rings (SSSR count). The molecule has 0 saturated carbocycles. The molecule has 318 valence electrons. The Balaban J connectivity index is 0.980. The van der Waals surface area contributed by atoms with E-state index in [9.17, 15) is 0 Å². The zero-order chi connectivity index (χ0) is 44.8. The molecule has 1 aliphatic carbocycles. The van der Waals surface area contributed by atoms with Gasteiger partial charge in [0.15, 0.2) is 0 Å². The first kappa shape index (κ1) is 38.4. The van der Waals surface area contributed by atoms with E-state index in [0.29, 0.717) is 0 Å². The van der Waals surface area contributed by atoms with Crippen molar-refractivity contribution in [1.82, 2.24) is 4.57 Å². The first-order valence-electron chi connectivity index (χ1n) is 23.4. The highest BCUT2D eigenvalue weighted by atomic mass is 16.3. The zero-order valence-electron chi connectivity index (χ0n) is 37.1. The molecule has 3 heteroatoms. The van der Waals surface area contributed by atoms with E-state index in [1.807, 2.05) is 0 Å². The summed E-state index contributed by atoms with van der Waals surface area (Å²) in [6, 6.07) is 93.0. The summed E-state index contributed by atoms with van der Waals surface area (Å²) in [7, 11) is 0. The molecule has 1 aliphatic rings. The van der Waals surface area contributed by atoms with Crippen LogP contribution in [0.5, 0.6) is 0 Å². The van der Waals surface area contributed by atoms with E-state index in [4.69, 9.17) is 4.42 Å². The lowest BCUT2D eigenvalue weighted by Crippen LogP contribution is -2.28. The normalized spacial score (nSPS) is 12.8. The first-order valence-corrected chi connectivity index (χ1v) is 23.4. The minimum absolute atomic E-state index is 0.547. The van der Waals surface area contributed by atoms with Gasteiger partial charge in [-0.15, -0.1) is 0 Å². The van der Waals surface area contributed by atoms with Gasteiger partial charge in [0, 0.05) is 38.6 Å². The second-order valence-electron chi connectivity index (χ2n) is 18.0. The van der Waals surface area contributed by atoms with Crippen LogP contribution in [0.2, 0.25) is 0 Å². The van der Waals surface area contributed by atoms with Gasteiger partial charge in [0.1, 0.15) is 11.2 Å². The van der Waals surface area contributed by atoms with Gasteiger partial charge in [-0.2, -0.15) is 0 Å². The van der Waals surface area contributed by atoms with Crippen molar-refractivity contribution >= 4 is 71.6 Å². The highest BCUT2D eigenvalue weighted by Gasteiger charge is 2.46. The highest BCUT2D eigenvalue weighted by Crippen LogP contribution is 2.57. The largest absolute Gasteiger partial charge is 0.455 e. The van der Waals surface area contributed by atoms with E-state index in [2.05, 4.69) is 264 Å². The monoisotopic (exact) mass is 866 g/mol. The maximum absolute atomic E-state index is 6.84. The fourth-order valence-electron chi connectivity index (χ4n) is 11.5. The van der Waals surface area contributed by atoms with Gasteiger partial charge < -0.3 is 13.9 Å². The van der Waals surface area contributed by atoms with E-state index in [1.165, 1.54) is 55.2 Å². The number of rotatable bonds is 7. The smallest absolute Gasteiger partial charge is 0.143 e. The van der Waals surface area contributed by atoms with E-state index >= 15 is 0 Å². The van der Waals surface area contributed by atoms with Crippen molar-refractivity contribution in [2.75, 3.05) is 4.90 Å². The van der Waals surface area contributed by atoms with Crippen molar-refractivity contribution in [2.45, 2.75) is 5.41 Å². The fourth-order valence-corrected chi connectivity index (χ4v) is 11.5. The lowest BCUT2D eigenvalue weighted by molar-refractivity contribution is 0.672. The fraction of sp³-hybridized carbons (Fsp3) is 0.0154. The van der Waals surface area contributed by atoms with Crippen molar-refractivity contribution in [3.8, 4) is 27.9 Å². The van der Waals surface area contributed by atoms with E-state index in [0.717, 1.165) is 66.6 Å². The lowest BCUT2D eigenvalue weighted by Gasteiger charge is -2.35. The standard InChI is InChI=1S/C65H42N2O/c1-3-19-46(20-4-1)65(47-21-5-2-6-22-47)57-28-12-9-25-52(57)53-40-38-50(42-58(53)65)66(61-31-16-32-62-63(61)56-39-35-44-17-7-8-24-51(44)64(56)68-62)48-36-33-43(34-37-48)45-18-15-23-49(41-45)67-59-29-13-10-26-54(59)55-27-11-14-30-60(55)67/h1-42H. The van der Waals surface area contributed by atoms with Crippen LogP contribution >= 0.6 is 0 Å². The third-order valence-electron chi connectivity index (χ3n) is 14.4. The molecule has 3 nitrogen and oxygen atoms in total. The molecular formula is C65H42N2O. The van der Waals surface area contributed by atoms with Gasteiger partial charge in [0.2, 0.25) is 0 Å². The molecule has 0 unspecified atom stereocenters.